The Morgan fingerprint density at radius 1 is 1.21 bits per heavy atom. The van der Waals surface area contributed by atoms with Crippen molar-refractivity contribution in [3.63, 3.8) is 0 Å². The standard InChI is InChI=1S/C12H12BrClN4S/c1-15-10-6-11(18-12(17-10)19-2)16-9-4-3-7(13)5-8(9)14/h3-6H,1-2H3,(H2,15,16,17,18). The van der Waals surface area contributed by atoms with Crippen molar-refractivity contribution in [3.05, 3.63) is 33.8 Å². The molecule has 2 aromatic rings. The van der Waals surface area contributed by atoms with Crippen LogP contribution in [0.5, 0.6) is 0 Å². The molecule has 2 rings (SSSR count). The van der Waals surface area contributed by atoms with E-state index in [0.29, 0.717) is 16.0 Å². The molecule has 1 aromatic heterocycles. The summed E-state index contributed by atoms with van der Waals surface area (Å²) in [6.45, 7) is 0. The second-order valence-electron chi connectivity index (χ2n) is 3.62. The molecule has 0 aliphatic carbocycles. The Morgan fingerprint density at radius 2 is 1.95 bits per heavy atom. The maximum atomic E-state index is 6.17. The summed E-state index contributed by atoms with van der Waals surface area (Å²) in [6.07, 6.45) is 1.94. The van der Waals surface area contributed by atoms with Crippen molar-refractivity contribution in [3.8, 4) is 0 Å². The summed E-state index contributed by atoms with van der Waals surface area (Å²) in [5.74, 6) is 1.46. The third-order valence-corrected chi connectivity index (χ3v) is 3.69. The lowest BCUT2D eigenvalue weighted by Gasteiger charge is -2.10. The highest BCUT2D eigenvalue weighted by atomic mass is 79.9. The van der Waals surface area contributed by atoms with Gasteiger partial charge in [-0.3, -0.25) is 0 Å². The molecule has 0 radical (unpaired) electrons. The van der Waals surface area contributed by atoms with E-state index in [0.717, 1.165) is 16.0 Å². The molecule has 0 fully saturated rings. The fourth-order valence-corrected chi connectivity index (χ4v) is 2.54. The molecule has 0 aliphatic rings. The van der Waals surface area contributed by atoms with Gasteiger partial charge in [0.05, 0.1) is 10.7 Å². The molecule has 4 nitrogen and oxygen atoms in total. The third-order valence-electron chi connectivity index (χ3n) is 2.34. The van der Waals surface area contributed by atoms with Gasteiger partial charge in [-0.05, 0) is 24.5 Å². The van der Waals surface area contributed by atoms with E-state index in [2.05, 4.69) is 36.5 Å². The quantitative estimate of drug-likeness (QED) is 0.626. The number of benzene rings is 1. The van der Waals surface area contributed by atoms with Gasteiger partial charge in [-0.2, -0.15) is 0 Å². The van der Waals surface area contributed by atoms with Crippen LogP contribution >= 0.6 is 39.3 Å². The van der Waals surface area contributed by atoms with Crippen LogP contribution in [-0.4, -0.2) is 23.3 Å². The summed E-state index contributed by atoms with van der Waals surface area (Å²) in [5.41, 5.74) is 0.803. The summed E-state index contributed by atoms with van der Waals surface area (Å²) < 4.78 is 0.937. The lowest BCUT2D eigenvalue weighted by molar-refractivity contribution is 0.977. The summed E-state index contributed by atoms with van der Waals surface area (Å²) in [4.78, 5) is 8.70. The summed E-state index contributed by atoms with van der Waals surface area (Å²) in [5, 5.41) is 7.52. The molecule has 0 spiro atoms. The predicted octanol–water partition coefficient (Wildman–Crippen LogP) is 4.40. The molecule has 100 valence electrons. The van der Waals surface area contributed by atoms with Gasteiger partial charge in [0.2, 0.25) is 0 Å². The van der Waals surface area contributed by atoms with Gasteiger partial charge in [0.1, 0.15) is 11.6 Å². The van der Waals surface area contributed by atoms with Crippen molar-refractivity contribution in [2.75, 3.05) is 23.9 Å². The van der Waals surface area contributed by atoms with Crippen molar-refractivity contribution in [2.24, 2.45) is 0 Å². The Balaban J connectivity index is 2.31. The van der Waals surface area contributed by atoms with E-state index in [1.165, 1.54) is 11.8 Å². The minimum absolute atomic E-state index is 0.629. The normalized spacial score (nSPS) is 10.3. The zero-order valence-electron chi connectivity index (χ0n) is 10.4. The average molecular weight is 360 g/mol. The first kappa shape index (κ1) is 14.4. The third kappa shape index (κ3) is 3.75. The largest absolute Gasteiger partial charge is 0.373 e. The lowest BCUT2D eigenvalue weighted by atomic mass is 10.3. The lowest BCUT2D eigenvalue weighted by Crippen LogP contribution is -2.00. The number of hydrogen-bond acceptors (Lipinski definition) is 5. The molecule has 2 N–H and O–H groups in total. The van der Waals surface area contributed by atoms with Crippen LogP contribution in [0.1, 0.15) is 0 Å². The zero-order valence-corrected chi connectivity index (χ0v) is 13.5. The van der Waals surface area contributed by atoms with E-state index in [1.54, 1.807) is 0 Å². The Kier molecular flexibility index (Phi) is 4.90. The van der Waals surface area contributed by atoms with Crippen molar-refractivity contribution >= 4 is 56.6 Å². The Bertz CT molecular complexity index is 572. The molecule has 1 aromatic carbocycles. The van der Waals surface area contributed by atoms with Crippen LogP contribution in [0.2, 0.25) is 5.02 Å². The van der Waals surface area contributed by atoms with Gasteiger partial charge in [-0.15, -0.1) is 0 Å². The molecular formula is C12H12BrClN4S. The number of halogens is 2. The number of nitrogens with one attached hydrogen (secondary N) is 2. The number of nitrogens with zero attached hydrogens (tertiary/aromatic N) is 2. The van der Waals surface area contributed by atoms with Crippen molar-refractivity contribution in [1.82, 2.24) is 9.97 Å². The van der Waals surface area contributed by atoms with Crippen molar-refractivity contribution < 1.29 is 0 Å². The van der Waals surface area contributed by atoms with E-state index in [4.69, 9.17) is 11.6 Å². The fourth-order valence-electron chi connectivity index (χ4n) is 1.44. The van der Waals surface area contributed by atoms with E-state index in [9.17, 15) is 0 Å². The highest BCUT2D eigenvalue weighted by Crippen LogP contribution is 2.28. The summed E-state index contributed by atoms with van der Waals surface area (Å²) >= 11 is 11.0. The second-order valence-corrected chi connectivity index (χ2v) is 5.72. The van der Waals surface area contributed by atoms with E-state index in [-0.39, 0.29) is 0 Å². The van der Waals surface area contributed by atoms with Crippen LogP contribution < -0.4 is 10.6 Å². The first-order valence-corrected chi connectivity index (χ1v) is 7.85. The molecule has 7 heteroatoms. The van der Waals surface area contributed by atoms with Gasteiger partial charge < -0.3 is 10.6 Å². The molecule has 0 saturated carbocycles. The number of hydrogen-bond donors (Lipinski definition) is 2. The second kappa shape index (κ2) is 6.45. The Hall–Kier alpha value is -0.980. The minimum Gasteiger partial charge on any atom is -0.373 e. The van der Waals surface area contributed by atoms with Gasteiger partial charge in [0, 0.05) is 17.6 Å². The molecule has 1 heterocycles. The highest BCUT2D eigenvalue weighted by Gasteiger charge is 2.06. The average Bonchev–Trinajstić information content (AvgIpc) is 2.41. The smallest absolute Gasteiger partial charge is 0.191 e. The van der Waals surface area contributed by atoms with Crippen LogP contribution in [0, 0.1) is 0 Å². The summed E-state index contributed by atoms with van der Waals surface area (Å²) in [6, 6.07) is 7.48. The first-order valence-electron chi connectivity index (χ1n) is 5.45. The van der Waals surface area contributed by atoms with Crippen LogP contribution in [0.25, 0.3) is 0 Å². The van der Waals surface area contributed by atoms with Crippen molar-refractivity contribution in [1.29, 1.82) is 0 Å². The molecule has 0 saturated heterocycles. The highest BCUT2D eigenvalue weighted by molar-refractivity contribution is 9.10. The molecule has 0 atom stereocenters. The Morgan fingerprint density at radius 3 is 2.58 bits per heavy atom. The van der Waals surface area contributed by atoms with Gasteiger partial charge in [0.15, 0.2) is 5.16 Å². The molecule has 19 heavy (non-hydrogen) atoms. The SMILES string of the molecule is CNc1cc(Nc2ccc(Br)cc2Cl)nc(SC)n1. The number of rotatable bonds is 4. The van der Waals surface area contributed by atoms with E-state index in [1.807, 2.05) is 37.6 Å². The number of anilines is 3. The number of aromatic nitrogens is 2. The fraction of sp³-hybridized carbons (Fsp3) is 0.167. The maximum Gasteiger partial charge on any atom is 0.191 e. The minimum atomic E-state index is 0.629. The molecule has 0 bridgehead atoms. The van der Waals surface area contributed by atoms with Crippen LogP contribution in [0.4, 0.5) is 17.3 Å². The topological polar surface area (TPSA) is 49.8 Å². The first-order chi connectivity index (χ1) is 9.12. The van der Waals surface area contributed by atoms with Crippen molar-refractivity contribution in [2.45, 2.75) is 5.16 Å². The van der Waals surface area contributed by atoms with Crippen LogP contribution in [0.3, 0.4) is 0 Å². The van der Waals surface area contributed by atoms with E-state index >= 15 is 0 Å². The van der Waals surface area contributed by atoms with Gasteiger partial charge in [-0.1, -0.05) is 39.3 Å². The Labute approximate surface area is 129 Å². The molecular weight excluding hydrogens is 348 g/mol. The van der Waals surface area contributed by atoms with E-state index < -0.39 is 0 Å². The van der Waals surface area contributed by atoms with Gasteiger partial charge >= 0.3 is 0 Å². The maximum absolute atomic E-state index is 6.17. The monoisotopic (exact) mass is 358 g/mol. The van der Waals surface area contributed by atoms with Crippen LogP contribution in [0.15, 0.2) is 33.9 Å². The molecule has 0 amide bonds. The predicted molar refractivity (Wildman–Crippen MR) is 85.8 cm³/mol. The van der Waals surface area contributed by atoms with Gasteiger partial charge in [-0.25, -0.2) is 9.97 Å². The molecule has 0 unspecified atom stereocenters. The van der Waals surface area contributed by atoms with Crippen LogP contribution in [-0.2, 0) is 0 Å². The summed E-state index contributed by atoms with van der Waals surface area (Å²) in [7, 11) is 1.82. The number of thioether (sulfide) groups is 1. The molecule has 0 aliphatic heterocycles. The zero-order chi connectivity index (χ0) is 13.8. The van der Waals surface area contributed by atoms with Gasteiger partial charge in [0.25, 0.3) is 0 Å².